The molecule has 0 N–H and O–H groups in total. The maximum absolute atomic E-state index is 6.06. The van der Waals surface area contributed by atoms with Crippen LogP contribution in [0.3, 0.4) is 0 Å². The van der Waals surface area contributed by atoms with Gasteiger partial charge in [0, 0.05) is 32.3 Å². The molecule has 0 fully saturated rings. The van der Waals surface area contributed by atoms with Crippen molar-refractivity contribution in [2.24, 2.45) is 0 Å². The van der Waals surface area contributed by atoms with Gasteiger partial charge in [-0.1, -0.05) is 72.8 Å². The number of hydrogen-bond acceptors (Lipinski definition) is 1. The lowest BCUT2D eigenvalue weighted by Crippen LogP contribution is -1.83. The molecule has 0 saturated heterocycles. The van der Waals surface area contributed by atoms with Gasteiger partial charge in [0.15, 0.2) is 0 Å². The summed E-state index contributed by atoms with van der Waals surface area (Å²) in [5.74, 6) is 0. The van der Waals surface area contributed by atoms with E-state index in [-0.39, 0.29) is 0 Å². The molecule has 3 heterocycles. The van der Waals surface area contributed by atoms with Gasteiger partial charge in [0.05, 0.1) is 16.6 Å². The summed E-state index contributed by atoms with van der Waals surface area (Å²) in [7, 11) is 0. The summed E-state index contributed by atoms with van der Waals surface area (Å²) in [6.45, 7) is 0. The second kappa shape index (κ2) is 6.44. The van der Waals surface area contributed by atoms with Crippen LogP contribution < -0.4 is 0 Å². The van der Waals surface area contributed by atoms with Crippen LogP contribution in [0, 0.1) is 0 Å². The SMILES string of the molecule is c1ccc2cc3c(cc2c1)c1cccc2c4cc(-c5ccc6oc7ccccc7c6c5)ccc4n3c21. The van der Waals surface area contributed by atoms with Crippen molar-refractivity contribution in [1.82, 2.24) is 4.40 Å². The highest BCUT2D eigenvalue weighted by Gasteiger charge is 2.18. The molecular weight excluding hydrogens is 438 g/mol. The van der Waals surface area contributed by atoms with Crippen LogP contribution in [0.2, 0.25) is 0 Å². The van der Waals surface area contributed by atoms with Crippen LogP contribution in [-0.2, 0) is 0 Å². The molecule has 0 saturated carbocycles. The Morgan fingerprint density at radius 3 is 1.92 bits per heavy atom. The fourth-order valence-electron chi connectivity index (χ4n) is 6.25. The lowest BCUT2D eigenvalue weighted by molar-refractivity contribution is 0.669. The lowest BCUT2D eigenvalue weighted by Gasteiger charge is -2.05. The van der Waals surface area contributed by atoms with E-state index in [0.29, 0.717) is 0 Å². The van der Waals surface area contributed by atoms with Gasteiger partial charge in [0.2, 0.25) is 0 Å². The Balaban J connectivity index is 1.35. The number of benzene rings is 6. The van der Waals surface area contributed by atoms with Crippen molar-refractivity contribution >= 4 is 70.8 Å². The molecule has 0 bridgehead atoms. The smallest absolute Gasteiger partial charge is 0.135 e. The molecule has 0 amide bonds. The second-order valence-electron chi connectivity index (χ2n) is 9.79. The maximum Gasteiger partial charge on any atom is 0.135 e. The molecule has 2 heteroatoms. The molecule has 0 aliphatic rings. The fourth-order valence-corrected chi connectivity index (χ4v) is 6.25. The van der Waals surface area contributed by atoms with Gasteiger partial charge in [-0.2, -0.15) is 0 Å². The molecule has 2 nitrogen and oxygen atoms in total. The number of aromatic nitrogens is 1. The third kappa shape index (κ3) is 2.26. The van der Waals surface area contributed by atoms with E-state index in [1.807, 2.05) is 12.1 Å². The normalized spacial score (nSPS) is 12.4. The topological polar surface area (TPSA) is 17.6 Å². The largest absolute Gasteiger partial charge is 0.456 e. The number of nitrogens with zero attached hydrogens (tertiary/aromatic N) is 1. The number of hydrogen-bond donors (Lipinski definition) is 0. The molecule has 0 aliphatic heterocycles. The molecule has 36 heavy (non-hydrogen) atoms. The van der Waals surface area contributed by atoms with Crippen molar-refractivity contribution in [3.63, 3.8) is 0 Å². The zero-order chi connectivity index (χ0) is 23.4. The van der Waals surface area contributed by atoms with E-state index in [4.69, 9.17) is 4.42 Å². The van der Waals surface area contributed by atoms with Crippen molar-refractivity contribution < 1.29 is 4.42 Å². The minimum atomic E-state index is 0.931. The van der Waals surface area contributed by atoms with Crippen LogP contribution in [0.1, 0.15) is 0 Å². The number of furan rings is 1. The zero-order valence-electron chi connectivity index (χ0n) is 19.3. The standard InChI is InChI=1S/C34H19NO/c1-2-7-21-19-31-28(16-20(21)6-1)26-10-5-9-25-27-17-22(12-14-30(27)35(31)34(25)26)23-13-15-33-29(18-23)24-8-3-4-11-32(24)36-33/h1-19H. The molecule has 9 aromatic rings. The van der Waals surface area contributed by atoms with Crippen molar-refractivity contribution in [3.8, 4) is 11.1 Å². The third-order valence-corrected chi connectivity index (χ3v) is 7.89. The molecule has 0 radical (unpaired) electrons. The van der Waals surface area contributed by atoms with E-state index in [0.717, 1.165) is 21.9 Å². The average molecular weight is 458 g/mol. The van der Waals surface area contributed by atoms with Crippen LogP contribution in [0.4, 0.5) is 0 Å². The molecule has 6 aromatic carbocycles. The Hall–Kier alpha value is -4.82. The van der Waals surface area contributed by atoms with E-state index in [1.165, 1.54) is 60.0 Å². The van der Waals surface area contributed by atoms with Crippen LogP contribution in [-0.4, -0.2) is 4.40 Å². The van der Waals surface area contributed by atoms with Gasteiger partial charge in [-0.25, -0.2) is 0 Å². The lowest BCUT2D eigenvalue weighted by atomic mass is 10.00. The predicted molar refractivity (Wildman–Crippen MR) is 151 cm³/mol. The number of rotatable bonds is 1. The zero-order valence-corrected chi connectivity index (χ0v) is 19.3. The van der Waals surface area contributed by atoms with E-state index < -0.39 is 0 Å². The minimum Gasteiger partial charge on any atom is -0.456 e. The molecular formula is C34H19NO. The van der Waals surface area contributed by atoms with Gasteiger partial charge < -0.3 is 8.82 Å². The highest BCUT2D eigenvalue weighted by molar-refractivity contribution is 6.25. The molecule has 0 unspecified atom stereocenters. The predicted octanol–water partition coefficient (Wildman–Crippen LogP) is 9.56. The van der Waals surface area contributed by atoms with Gasteiger partial charge in [-0.15, -0.1) is 0 Å². The summed E-state index contributed by atoms with van der Waals surface area (Å²) in [6.07, 6.45) is 0. The van der Waals surface area contributed by atoms with E-state index in [9.17, 15) is 0 Å². The van der Waals surface area contributed by atoms with Crippen molar-refractivity contribution in [1.29, 1.82) is 0 Å². The molecule has 3 aromatic heterocycles. The Morgan fingerprint density at radius 1 is 0.417 bits per heavy atom. The van der Waals surface area contributed by atoms with Gasteiger partial charge in [0.1, 0.15) is 11.2 Å². The monoisotopic (exact) mass is 457 g/mol. The quantitative estimate of drug-likeness (QED) is 0.240. The minimum absolute atomic E-state index is 0.931. The summed E-state index contributed by atoms with van der Waals surface area (Å²) < 4.78 is 8.51. The van der Waals surface area contributed by atoms with Crippen molar-refractivity contribution in [2.75, 3.05) is 0 Å². The summed E-state index contributed by atoms with van der Waals surface area (Å²) >= 11 is 0. The maximum atomic E-state index is 6.06. The summed E-state index contributed by atoms with van der Waals surface area (Å²) in [5, 5.41) is 10.1. The van der Waals surface area contributed by atoms with Crippen LogP contribution in [0.15, 0.2) is 120 Å². The first kappa shape index (κ1) is 18.5. The third-order valence-electron chi connectivity index (χ3n) is 7.89. The van der Waals surface area contributed by atoms with Crippen molar-refractivity contribution in [3.05, 3.63) is 115 Å². The van der Waals surface area contributed by atoms with E-state index in [1.54, 1.807) is 0 Å². The Kier molecular flexibility index (Phi) is 3.31. The second-order valence-corrected chi connectivity index (χ2v) is 9.79. The average Bonchev–Trinajstić information content (AvgIpc) is 3.57. The van der Waals surface area contributed by atoms with Crippen LogP contribution >= 0.6 is 0 Å². The van der Waals surface area contributed by atoms with Crippen molar-refractivity contribution in [2.45, 2.75) is 0 Å². The van der Waals surface area contributed by atoms with Crippen LogP contribution in [0.25, 0.3) is 81.9 Å². The van der Waals surface area contributed by atoms with Gasteiger partial charge in [-0.3, -0.25) is 0 Å². The highest BCUT2D eigenvalue weighted by atomic mass is 16.3. The fraction of sp³-hybridized carbons (Fsp3) is 0. The molecule has 166 valence electrons. The van der Waals surface area contributed by atoms with Crippen LogP contribution in [0.5, 0.6) is 0 Å². The molecule has 9 rings (SSSR count). The van der Waals surface area contributed by atoms with Gasteiger partial charge >= 0.3 is 0 Å². The summed E-state index contributed by atoms with van der Waals surface area (Å²) in [6, 6.07) is 41.7. The summed E-state index contributed by atoms with van der Waals surface area (Å²) in [5.41, 5.74) is 8.13. The molecule has 0 aliphatic carbocycles. The van der Waals surface area contributed by atoms with Gasteiger partial charge in [0.25, 0.3) is 0 Å². The first-order chi connectivity index (χ1) is 17.8. The first-order valence-corrected chi connectivity index (χ1v) is 12.4. The Labute approximate surface area is 205 Å². The van der Waals surface area contributed by atoms with E-state index >= 15 is 0 Å². The number of para-hydroxylation sites is 2. The van der Waals surface area contributed by atoms with E-state index in [2.05, 4.69) is 108 Å². The molecule has 0 spiro atoms. The van der Waals surface area contributed by atoms with Gasteiger partial charge in [-0.05, 0) is 64.4 Å². The number of fused-ring (bicyclic) bond motifs is 10. The Morgan fingerprint density at radius 2 is 1.06 bits per heavy atom. The highest BCUT2D eigenvalue weighted by Crippen LogP contribution is 2.41. The Bertz CT molecular complexity index is 2310. The first-order valence-electron chi connectivity index (χ1n) is 12.4. The summed E-state index contributed by atoms with van der Waals surface area (Å²) in [4.78, 5) is 0. The molecule has 0 atom stereocenters.